The summed E-state index contributed by atoms with van der Waals surface area (Å²) >= 11 is 6.05. The first kappa shape index (κ1) is 11.9. The van der Waals surface area contributed by atoms with Gasteiger partial charge in [-0.05, 0) is 31.0 Å². The van der Waals surface area contributed by atoms with Crippen molar-refractivity contribution in [2.45, 2.75) is 38.5 Å². The van der Waals surface area contributed by atoms with Gasteiger partial charge in [-0.25, -0.2) is 0 Å². The standard InChI is InChI=1S/C13H18ClNO/c1-2-15-11-7-12(8-11)16-9-10-5-3-4-6-13(10)14/h3-6,11-12,15H,2,7-9H2,1H3. The lowest BCUT2D eigenvalue weighted by Gasteiger charge is -2.35. The van der Waals surface area contributed by atoms with E-state index in [0.717, 1.165) is 30.0 Å². The summed E-state index contributed by atoms with van der Waals surface area (Å²) in [7, 11) is 0. The van der Waals surface area contributed by atoms with Crippen molar-refractivity contribution in [1.29, 1.82) is 0 Å². The molecule has 0 atom stereocenters. The van der Waals surface area contributed by atoms with Crippen LogP contribution in [0.4, 0.5) is 0 Å². The van der Waals surface area contributed by atoms with Crippen LogP contribution in [0.1, 0.15) is 25.3 Å². The van der Waals surface area contributed by atoms with Gasteiger partial charge in [0.15, 0.2) is 0 Å². The summed E-state index contributed by atoms with van der Waals surface area (Å²) < 4.78 is 5.80. The lowest BCUT2D eigenvalue weighted by molar-refractivity contribution is -0.0261. The summed E-state index contributed by atoms with van der Waals surface area (Å²) in [6.07, 6.45) is 2.65. The van der Waals surface area contributed by atoms with Gasteiger partial charge < -0.3 is 10.1 Å². The summed E-state index contributed by atoms with van der Waals surface area (Å²) in [5, 5.41) is 4.21. The van der Waals surface area contributed by atoms with E-state index in [1.165, 1.54) is 0 Å². The molecule has 2 rings (SSSR count). The Morgan fingerprint density at radius 1 is 1.38 bits per heavy atom. The highest BCUT2D eigenvalue weighted by Crippen LogP contribution is 2.25. The van der Waals surface area contributed by atoms with E-state index in [9.17, 15) is 0 Å². The topological polar surface area (TPSA) is 21.3 Å². The van der Waals surface area contributed by atoms with Crippen LogP contribution >= 0.6 is 11.6 Å². The van der Waals surface area contributed by atoms with Crippen molar-refractivity contribution >= 4 is 11.6 Å². The predicted molar refractivity (Wildman–Crippen MR) is 66.7 cm³/mol. The fourth-order valence-electron chi connectivity index (χ4n) is 1.98. The Morgan fingerprint density at radius 2 is 2.12 bits per heavy atom. The number of benzene rings is 1. The van der Waals surface area contributed by atoms with E-state index >= 15 is 0 Å². The second-order valence-corrected chi connectivity index (χ2v) is 4.66. The molecule has 1 aromatic rings. The van der Waals surface area contributed by atoms with Crippen LogP contribution < -0.4 is 5.32 Å². The van der Waals surface area contributed by atoms with Crippen LogP contribution in [0.3, 0.4) is 0 Å². The third-order valence-corrected chi connectivity index (χ3v) is 3.39. The molecule has 16 heavy (non-hydrogen) atoms. The molecule has 0 aromatic heterocycles. The minimum Gasteiger partial charge on any atom is -0.373 e. The molecular formula is C13H18ClNO. The number of rotatable bonds is 5. The average molecular weight is 240 g/mol. The van der Waals surface area contributed by atoms with Gasteiger partial charge in [0.25, 0.3) is 0 Å². The zero-order valence-corrected chi connectivity index (χ0v) is 10.3. The van der Waals surface area contributed by atoms with Gasteiger partial charge in [-0.1, -0.05) is 36.7 Å². The lowest BCUT2D eigenvalue weighted by Crippen LogP contribution is -2.45. The number of hydrogen-bond donors (Lipinski definition) is 1. The van der Waals surface area contributed by atoms with Crippen LogP contribution in [0, 0.1) is 0 Å². The second kappa shape index (κ2) is 5.67. The molecule has 0 saturated heterocycles. The van der Waals surface area contributed by atoms with E-state index in [2.05, 4.69) is 12.2 Å². The van der Waals surface area contributed by atoms with Crippen LogP contribution in [-0.4, -0.2) is 18.7 Å². The van der Waals surface area contributed by atoms with Crippen molar-refractivity contribution in [2.75, 3.05) is 6.54 Å². The fourth-order valence-corrected chi connectivity index (χ4v) is 2.17. The molecule has 1 aromatic carbocycles. The maximum atomic E-state index is 6.05. The molecule has 1 aliphatic rings. The van der Waals surface area contributed by atoms with Crippen LogP contribution in [0.5, 0.6) is 0 Å². The van der Waals surface area contributed by atoms with E-state index in [-0.39, 0.29) is 0 Å². The molecule has 0 amide bonds. The molecule has 1 N–H and O–H groups in total. The van der Waals surface area contributed by atoms with Crippen molar-refractivity contribution in [1.82, 2.24) is 5.32 Å². The van der Waals surface area contributed by atoms with E-state index in [4.69, 9.17) is 16.3 Å². The Bertz CT molecular complexity index is 336. The summed E-state index contributed by atoms with van der Waals surface area (Å²) in [5.41, 5.74) is 1.08. The quantitative estimate of drug-likeness (QED) is 0.853. The number of ether oxygens (including phenoxy) is 1. The molecule has 0 heterocycles. The third kappa shape index (κ3) is 2.97. The van der Waals surface area contributed by atoms with E-state index < -0.39 is 0 Å². The lowest BCUT2D eigenvalue weighted by atomic mass is 9.89. The SMILES string of the molecule is CCNC1CC(OCc2ccccc2Cl)C1. The van der Waals surface area contributed by atoms with Crippen molar-refractivity contribution in [2.24, 2.45) is 0 Å². The molecule has 0 radical (unpaired) electrons. The molecule has 0 bridgehead atoms. The van der Waals surface area contributed by atoms with Crippen molar-refractivity contribution in [3.8, 4) is 0 Å². The summed E-state index contributed by atoms with van der Waals surface area (Å²) in [4.78, 5) is 0. The van der Waals surface area contributed by atoms with Gasteiger partial charge in [0, 0.05) is 11.1 Å². The van der Waals surface area contributed by atoms with E-state index in [0.29, 0.717) is 18.8 Å². The van der Waals surface area contributed by atoms with Gasteiger partial charge in [-0.3, -0.25) is 0 Å². The van der Waals surface area contributed by atoms with Crippen molar-refractivity contribution in [3.05, 3.63) is 34.9 Å². The highest BCUT2D eigenvalue weighted by molar-refractivity contribution is 6.31. The third-order valence-electron chi connectivity index (χ3n) is 3.02. The van der Waals surface area contributed by atoms with Crippen molar-refractivity contribution < 1.29 is 4.74 Å². The minimum atomic E-state index is 0.403. The Balaban J connectivity index is 1.72. The first-order valence-electron chi connectivity index (χ1n) is 5.88. The highest BCUT2D eigenvalue weighted by atomic mass is 35.5. The van der Waals surface area contributed by atoms with Crippen LogP contribution in [-0.2, 0) is 11.3 Å². The first-order valence-corrected chi connectivity index (χ1v) is 6.25. The molecule has 0 unspecified atom stereocenters. The molecule has 1 fully saturated rings. The van der Waals surface area contributed by atoms with Gasteiger partial charge in [-0.15, -0.1) is 0 Å². The average Bonchev–Trinajstić information content (AvgIpc) is 2.23. The van der Waals surface area contributed by atoms with Gasteiger partial charge in [-0.2, -0.15) is 0 Å². The number of nitrogens with one attached hydrogen (secondary N) is 1. The fraction of sp³-hybridized carbons (Fsp3) is 0.538. The smallest absolute Gasteiger partial charge is 0.0735 e. The Morgan fingerprint density at radius 3 is 2.81 bits per heavy atom. The van der Waals surface area contributed by atoms with Crippen LogP contribution in [0.15, 0.2) is 24.3 Å². The number of hydrogen-bond acceptors (Lipinski definition) is 2. The zero-order chi connectivity index (χ0) is 11.4. The van der Waals surface area contributed by atoms with E-state index in [1.54, 1.807) is 0 Å². The molecule has 2 nitrogen and oxygen atoms in total. The van der Waals surface area contributed by atoms with Crippen molar-refractivity contribution in [3.63, 3.8) is 0 Å². The Kier molecular flexibility index (Phi) is 4.22. The second-order valence-electron chi connectivity index (χ2n) is 4.25. The van der Waals surface area contributed by atoms with Gasteiger partial charge in [0.1, 0.15) is 0 Å². The predicted octanol–water partition coefficient (Wildman–Crippen LogP) is 3.00. The summed E-state index contributed by atoms with van der Waals surface area (Å²) in [6.45, 7) is 3.81. The number of halogens is 1. The first-order chi connectivity index (χ1) is 7.79. The molecule has 0 aliphatic heterocycles. The van der Waals surface area contributed by atoms with Gasteiger partial charge >= 0.3 is 0 Å². The molecular weight excluding hydrogens is 222 g/mol. The van der Waals surface area contributed by atoms with Gasteiger partial charge in [0.05, 0.1) is 12.7 Å². The zero-order valence-electron chi connectivity index (χ0n) is 9.58. The molecule has 1 aliphatic carbocycles. The molecule has 88 valence electrons. The monoisotopic (exact) mass is 239 g/mol. The molecule has 0 spiro atoms. The Hall–Kier alpha value is -0.570. The largest absolute Gasteiger partial charge is 0.373 e. The van der Waals surface area contributed by atoms with Gasteiger partial charge in [0.2, 0.25) is 0 Å². The van der Waals surface area contributed by atoms with E-state index in [1.807, 2.05) is 24.3 Å². The van der Waals surface area contributed by atoms with Crippen LogP contribution in [0.25, 0.3) is 0 Å². The maximum Gasteiger partial charge on any atom is 0.0735 e. The minimum absolute atomic E-state index is 0.403. The normalized spacial score (nSPS) is 24.1. The summed E-state index contributed by atoms with van der Waals surface area (Å²) in [6, 6.07) is 8.51. The highest BCUT2D eigenvalue weighted by Gasteiger charge is 2.28. The maximum absolute atomic E-state index is 6.05. The molecule has 3 heteroatoms. The van der Waals surface area contributed by atoms with Crippen LogP contribution in [0.2, 0.25) is 5.02 Å². The summed E-state index contributed by atoms with van der Waals surface area (Å²) in [5.74, 6) is 0. The molecule has 1 saturated carbocycles. The Labute approximate surface area is 102 Å².